The Kier molecular flexibility index (Phi) is 10.7. The average molecular weight is 636 g/mol. The molecule has 192 valence electrons. The van der Waals surface area contributed by atoms with E-state index in [1.807, 2.05) is 30.3 Å². The Bertz CT molecular complexity index is 1300. The topological polar surface area (TPSA) is 3.24 Å². The van der Waals surface area contributed by atoms with Gasteiger partial charge in [0.1, 0.15) is 0 Å². The standard InChI is InChI=1S/C15H13Cl2N.C10H12.C6H3BrCl2/c16-12-7-3-9-14(15(12)17)18-10-4-6-11-5-1-2-8-13(11)18;1-2-6-10-8-4-3-7-9(10)5-1;7-4-2-1-3-5(8)6(4)9/h1-3,5,7-9H,4,6,10H2;1-2,5-6H,3-4,7-8H2;1-3H. The summed E-state index contributed by atoms with van der Waals surface area (Å²) in [6, 6.07) is 28.5. The highest BCUT2D eigenvalue weighted by atomic mass is 79.9. The highest BCUT2D eigenvalue weighted by Crippen LogP contribution is 2.39. The highest BCUT2D eigenvalue weighted by molar-refractivity contribution is 9.10. The maximum absolute atomic E-state index is 6.32. The number of rotatable bonds is 1. The van der Waals surface area contributed by atoms with Crippen LogP contribution in [0.2, 0.25) is 20.1 Å². The van der Waals surface area contributed by atoms with E-state index in [9.17, 15) is 0 Å². The molecule has 1 aliphatic carbocycles. The molecule has 4 aromatic carbocycles. The summed E-state index contributed by atoms with van der Waals surface area (Å²) in [5.41, 5.74) is 6.77. The minimum absolute atomic E-state index is 0.569. The Morgan fingerprint density at radius 3 is 1.65 bits per heavy atom. The fourth-order valence-corrected chi connectivity index (χ4v) is 5.82. The molecule has 0 atom stereocenters. The van der Waals surface area contributed by atoms with Crippen molar-refractivity contribution in [3.05, 3.63) is 126 Å². The van der Waals surface area contributed by atoms with E-state index in [2.05, 4.69) is 69.4 Å². The summed E-state index contributed by atoms with van der Waals surface area (Å²) < 4.78 is 0.830. The number of hydrogen-bond acceptors (Lipinski definition) is 1. The van der Waals surface area contributed by atoms with Gasteiger partial charge < -0.3 is 4.90 Å². The van der Waals surface area contributed by atoms with Crippen LogP contribution in [-0.2, 0) is 19.3 Å². The normalized spacial score (nSPS) is 13.8. The maximum atomic E-state index is 6.32. The second-order valence-corrected chi connectivity index (χ2v) is 11.4. The zero-order valence-electron chi connectivity index (χ0n) is 20.4. The number of hydrogen-bond donors (Lipinski definition) is 0. The third kappa shape index (κ3) is 7.46. The molecule has 0 saturated carbocycles. The van der Waals surface area contributed by atoms with E-state index in [0.717, 1.165) is 29.5 Å². The fourth-order valence-electron chi connectivity index (χ4n) is 4.64. The lowest BCUT2D eigenvalue weighted by molar-refractivity contribution is 0.685. The lowest BCUT2D eigenvalue weighted by Gasteiger charge is -2.32. The number of fused-ring (bicyclic) bond motifs is 2. The van der Waals surface area contributed by atoms with Crippen molar-refractivity contribution in [2.45, 2.75) is 38.5 Å². The van der Waals surface area contributed by atoms with E-state index in [1.54, 1.807) is 17.2 Å². The molecule has 6 rings (SSSR count). The van der Waals surface area contributed by atoms with Crippen LogP contribution in [0.15, 0.2) is 89.4 Å². The van der Waals surface area contributed by atoms with Gasteiger partial charge in [-0.15, -0.1) is 0 Å². The monoisotopic (exact) mass is 633 g/mol. The smallest absolute Gasteiger partial charge is 0.0829 e. The van der Waals surface area contributed by atoms with Gasteiger partial charge in [-0.3, -0.25) is 0 Å². The Labute approximate surface area is 248 Å². The van der Waals surface area contributed by atoms with Crippen LogP contribution in [0, 0.1) is 0 Å². The summed E-state index contributed by atoms with van der Waals surface area (Å²) in [4.78, 5) is 2.26. The highest BCUT2D eigenvalue weighted by Gasteiger charge is 2.20. The molecule has 1 heterocycles. The van der Waals surface area contributed by atoms with Crippen LogP contribution in [0.1, 0.15) is 36.0 Å². The van der Waals surface area contributed by atoms with Crippen molar-refractivity contribution in [2.24, 2.45) is 0 Å². The third-order valence-corrected chi connectivity index (χ3v) is 9.01. The van der Waals surface area contributed by atoms with Gasteiger partial charge in [0.25, 0.3) is 0 Å². The largest absolute Gasteiger partial charge is 0.340 e. The molecular formula is C31H28BrCl4N. The molecular weight excluding hydrogens is 608 g/mol. The SMILES string of the molecule is Clc1cccc(Br)c1Cl.Clc1cccc(N2CCCc3ccccc32)c1Cl.c1ccc2c(c1)CCCC2. The summed E-state index contributed by atoms with van der Waals surface area (Å²) >= 11 is 27.0. The quantitative estimate of drug-likeness (QED) is 0.188. The van der Waals surface area contributed by atoms with Gasteiger partial charge in [0, 0.05) is 16.7 Å². The number of anilines is 2. The van der Waals surface area contributed by atoms with Gasteiger partial charge >= 0.3 is 0 Å². The van der Waals surface area contributed by atoms with Gasteiger partial charge in [0.05, 0.1) is 25.8 Å². The molecule has 0 N–H and O–H groups in total. The Morgan fingerprint density at radius 1 is 0.514 bits per heavy atom. The predicted octanol–water partition coefficient (Wildman–Crippen LogP) is 11.4. The summed E-state index contributed by atoms with van der Waals surface area (Å²) in [5, 5.41) is 2.39. The molecule has 0 saturated heterocycles. The number of aryl methyl sites for hydroxylation is 3. The molecule has 0 fully saturated rings. The van der Waals surface area contributed by atoms with Crippen LogP contribution in [0.4, 0.5) is 11.4 Å². The second-order valence-electron chi connectivity index (χ2n) is 8.97. The van der Waals surface area contributed by atoms with E-state index in [-0.39, 0.29) is 0 Å². The Morgan fingerprint density at radius 2 is 1.03 bits per heavy atom. The van der Waals surface area contributed by atoms with Gasteiger partial charge in [-0.05, 0) is 101 Å². The summed E-state index contributed by atoms with van der Waals surface area (Å²) in [6.07, 6.45) is 7.64. The molecule has 1 aliphatic heterocycles. The van der Waals surface area contributed by atoms with Crippen molar-refractivity contribution in [1.29, 1.82) is 0 Å². The van der Waals surface area contributed by atoms with Crippen LogP contribution >= 0.6 is 62.3 Å². The van der Waals surface area contributed by atoms with Crippen molar-refractivity contribution < 1.29 is 0 Å². The number of benzene rings is 4. The predicted molar refractivity (Wildman–Crippen MR) is 165 cm³/mol. The van der Waals surface area contributed by atoms with Crippen molar-refractivity contribution in [3.8, 4) is 0 Å². The van der Waals surface area contributed by atoms with Gasteiger partial charge in [-0.2, -0.15) is 0 Å². The zero-order chi connectivity index (χ0) is 26.2. The van der Waals surface area contributed by atoms with Gasteiger partial charge in [0.2, 0.25) is 0 Å². The van der Waals surface area contributed by atoms with Crippen LogP contribution in [-0.4, -0.2) is 6.54 Å². The molecule has 0 amide bonds. The first-order chi connectivity index (χ1) is 18.0. The Hall–Kier alpha value is -1.68. The molecule has 4 aromatic rings. The average Bonchev–Trinajstić information content (AvgIpc) is 2.94. The van der Waals surface area contributed by atoms with Gasteiger partial charge in [-0.1, -0.05) is 101 Å². The van der Waals surface area contributed by atoms with E-state index >= 15 is 0 Å². The fraction of sp³-hybridized carbons (Fsp3) is 0.226. The Balaban J connectivity index is 0.000000143. The summed E-state index contributed by atoms with van der Waals surface area (Å²) in [7, 11) is 0. The van der Waals surface area contributed by atoms with E-state index in [4.69, 9.17) is 46.4 Å². The van der Waals surface area contributed by atoms with E-state index in [0.29, 0.717) is 20.1 Å². The lowest BCUT2D eigenvalue weighted by Crippen LogP contribution is -2.24. The van der Waals surface area contributed by atoms with Crippen molar-refractivity contribution >= 4 is 73.7 Å². The van der Waals surface area contributed by atoms with Crippen LogP contribution in [0.25, 0.3) is 0 Å². The zero-order valence-corrected chi connectivity index (χ0v) is 25.0. The van der Waals surface area contributed by atoms with Crippen LogP contribution in [0.3, 0.4) is 0 Å². The summed E-state index contributed by atoms with van der Waals surface area (Å²) in [6.45, 7) is 0.983. The lowest BCUT2D eigenvalue weighted by atomic mass is 9.92. The number of para-hydroxylation sites is 1. The molecule has 0 bridgehead atoms. The van der Waals surface area contributed by atoms with Crippen LogP contribution in [0.5, 0.6) is 0 Å². The van der Waals surface area contributed by atoms with E-state index in [1.165, 1.54) is 36.9 Å². The maximum Gasteiger partial charge on any atom is 0.0829 e. The third-order valence-electron chi connectivity index (χ3n) is 6.50. The number of nitrogens with zero attached hydrogens (tertiary/aromatic N) is 1. The van der Waals surface area contributed by atoms with E-state index < -0.39 is 0 Å². The molecule has 0 aromatic heterocycles. The van der Waals surface area contributed by atoms with Crippen LogP contribution < -0.4 is 4.90 Å². The van der Waals surface area contributed by atoms with Crippen molar-refractivity contribution in [3.63, 3.8) is 0 Å². The minimum Gasteiger partial charge on any atom is -0.340 e. The first-order valence-electron chi connectivity index (χ1n) is 12.4. The molecule has 2 aliphatic rings. The molecule has 0 radical (unpaired) electrons. The van der Waals surface area contributed by atoms with Gasteiger partial charge in [-0.25, -0.2) is 0 Å². The molecule has 37 heavy (non-hydrogen) atoms. The minimum atomic E-state index is 0.569. The first-order valence-corrected chi connectivity index (χ1v) is 14.7. The van der Waals surface area contributed by atoms with Gasteiger partial charge in [0.15, 0.2) is 0 Å². The first kappa shape index (κ1) is 28.3. The second kappa shape index (κ2) is 13.9. The number of halogens is 5. The molecule has 0 spiro atoms. The van der Waals surface area contributed by atoms with Crippen molar-refractivity contribution in [2.75, 3.05) is 11.4 Å². The van der Waals surface area contributed by atoms with Crippen molar-refractivity contribution in [1.82, 2.24) is 0 Å². The molecule has 1 nitrogen and oxygen atoms in total. The molecule has 6 heteroatoms. The summed E-state index contributed by atoms with van der Waals surface area (Å²) in [5.74, 6) is 0. The molecule has 0 unspecified atom stereocenters.